The molecule has 0 spiro atoms. The van der Waals surface area contributed by atoms with Crippen molar-refractivity contribution in [3.63, 3.8) is 0 Å². The van der Waals surface area contributed by atoms with Gasteiger partial charge in [-0.2, -0.15) is 10.5 Å². The Bertz CT molecular complexity index is 261. The molecule has 15 heavy (non-hydrogen) atoms. The van der Waals surface area contributed by atoms with Gasteiger partial charge < -0.3 is 5.11 Å². The number of nitriles is 2. The van der Waals surface area contributed by atoms with Crippen molar-refractivity contribution in [3.8, 4) is 12.1 Å². The van der Waals surface area contributed by atoms with E-state index in [9.17, 15) is 4.79 Å². The highest BCUT2D eigenvalue weighted by atomic mass is 16.4. The summed E-state index contributed by atoms with van der Waals surface area (Å²) in [6.07, 6.45) is 4.30. The van der Waals surface area contributed by atoms with E-state index in [2.05, 4.69) is 6.92 Å². The average Bonchev–Trinajstić information content (AvgIpc) is 2.22. The van der Waals surface area contributed by atoms with Crippen LogP contribution in [-0.4, -0.2) is 11.1 Å². The van der Waals surface area contributed by atoms with Gasteiger partial charge >= 0.3 is 5.97 Å². The van der Waals surface area contributed by atoms with Gasteiger partial charge in [-0.1, -0.05) is 32.6 Å². The van der Waals surface area contributed by atoms with E-state index in [1.807, 2.05) is 0 Å². The van der Waals surface area contributed by atoms with Crippen molar-refractivity contribution in [2.24, 2.45) is 11.8 Å². The molecular weight excluding hydrogens is 192 g/mol. The molecule has 0 aliphatic heterocycles. The van der Waals surface area contributed by atoms with Crippen LogP contribution in [0, 0.1) is 34.5 Å². The first-order valence-corrected chi connectivity index (χ1v) is 5.19. The fourth-order valence-corrected chi connectivity index (χ4v) is 1.43. The molecule has 0 aromatic rings. The fourth-order valence-electron chi connectivity index (χ4n) is 1.43. The molecule has 82 valence electrons. The van der Waals surface area contributed by atoms with Crippen LogP contribution in [0.4, 0.5) is 0 Å². The Labute approximate surface area is 90.1 Å². The SMILES string of the molecule is CCCCCCC(C(=O)O)C(C#N)C#N. The number of nitrogens with zero attached hydrogens (tertiary/aromatic N) is 2. The van der Waals surface area contributed by atoms with E-state index in [0.717, 1.165) is 25.7 Å². The van der Waals surface area contributed by atoms with Crippen molar-refractivity contribution in [1.82, 2.24) is 0 Å². The number of unbranched alkanes of at least 4 members (excludes halogenated alkanes) is 3. The minimum atomic E-state index is -1.04. The van der Waals surface area contributed by atoms with Crippen LogP contribution >= 0.6 is 0 Å². The molecule has 1 N–H and O–H groups in total. The van der Waals surface area contributed by atoms with Crippen LogP contribution in [0.25, 0.3) is 0 Å². The topological polar surface area (TPSA) is 84.9 Å². The van der Waals surface area contributed by atoms with Crippen LogP contribution in [-0.2, 0) is 4.79 Å². The zero-order valence-electron chi connectivity index (χ0n) is 8.94. The average molecular weight is 208 g/mol. The van der Waals surface area contributed by atoms with Crippen LogP contribution in [0.5, 0.6) is 0 Å². The normalized spacial score (nSPS) is 11.7. The maximum absolute atomic E-state index is 10.8. The summed E-state index contributed by atoms with van der Waals surface area (Å²) in [4.78, 5) is 10.8. The van der Waals surface area contributed by atoms with Crippen LogP contribution in [0.3, 0.4) is 0 Å². The third-order valence-corrected chi connectivity index (χ3v) is 2.37. The molecule has 1 atom stereocenters. The van der Waals surface area contributed by atoms with Crippen molar-refractivity contribution in [2.75, 3.05) is 0 Å². The molecule has 0 saturated heterocycles. The predicted octanol–water partition coefficient (Wildman–Crippen LogP) is 2.32. The summed E-state index contributed by atoms with van der Waals surface area (Å²) in [5, 5.41) is 26.1. The Hall–Kier alpha value is -1.55. The van der Waals surface area contributed by atoms with Gasteiger partial charge in [-0.15, -0.1) is 0 Å². The largest absolute Gasteiger partial charge is 0.481 e. The summed E-state index contributed by atoms with van der Waals surface area (Å²) in [5.74, 6) is -2.90. The lowest BCUT2D eigenvalue weighted by molar-refractivity contribution is -0.142. The fraction of sp³-hybridized carbons (Fsp3) is 0.727. The second-order valence-corrected chi connectivity index (χ2v) is 3.53. The van der Waals surface area contributed by atoms with Crippen molar-refractivity contribution in [3.05, 3.63) is 0 Å². The molecule has 0 rings (SSSR count). The first-order chi connectivity index (χ1) is 7.17. The standard InChI is InChI=1S/C11H16N2O2/c1-2-3-4-5-6-10(11(14)15)9(7-12)8-13/h9-10H,2-6H2,1H3,(H,14,15). The van der Waals surface area contributed by atoms with E-state index in [0.29, 0.717) is 6.42 Å². The Kier molecular flexibility index (Phi) is 7.01. The highest BCUT2D eigenvalue weighted by Gasteiger charge is 2.27. The zero-order chi connectivity index (χ0) is 11.7. The summed E-state index contributed by atoms with van der Waals surface area (Å²) in [6.45, 7) is 2.07. The third kappa shape index (κ3) is 5.02. The minimum absolute atomic E-state index is 0.418. The van der Waals surface area contributed by atoms with Crippen molar-refractivity contribution in [2.45, 2.75) is 39.0 Å². The molecule has 0 aromatic carbocycles. The molecule has 0 aliphatic carbocycles. The van der Waals surface area contributed by atoms with Crippen LogP contribution in [0.2, 0.25) is 0 Å². The molecule has 4 heteroatoms. The van der Waals surface area contributed by atoms with Gasteiger partial charge in [0.15, 0.2) is 0 Å². The molecule has 1 unspecified atom stereocenters. The molecule has 0 aliphatic rings. The lowest BCUT2D eigenvalue weighted by Gasteiger charge is -2.11. The zero-order valence-corrected chi connectivity index (χ0v) is 8.94. The van der Waals surface area contributed by atoms with Gasteiger partial charge in [0.05, 0.1) is 18.1 Å². The van der Waals surface area contributed by atoms with Gasteiger partial charge in [0, 0.05) is 0 Å². The molecule has 0 saturated carbocycles. The van der Waals surface area contributed by atoms with E-state index in [-0.39, 0.29) is 0 Å². The molecule has 0 bridgehead atoms. The van der Waals surface area contributed by atoms with Gasteiger partial charge in [0.25, 0.3) is 0 Å². The van der Waals surface area contributed by atoms with E-state index in [1.54, 1.807) is 12.1 Å². The number of aliphatic carboxylic acids is 1. The second-order valence-electron chi connectivity index (χ2n) is 3.53. The Morgan fingerprint density at radius 2 is 1.87 bits per heavy atom. The summed E-state index contributed by atoms with van der Waals surface area (Å²) in [7, 11) is 0. The smallest absolute Gasteiger partial charge is 0.308 e. The molecule has 0 radical (unpaired) electrons. The number of hydrogen-bond donors (Lipinski definition) is 1. The predicted molar refractivity (Wildman–Crippen MR) is 54.6 cm³/mol. The Balaban J connectivity index is 4.13. The summed E-state index contributed by atoms with van der Waals surface area (Å²) >= 11 is 0. The lowest BCUT2D eigenvalue weighted by atomic mass is 9.89. The minimum Gasteiger partial charge on any atom is -0.481 e. The van der Waals surface area contributed by atoms with Gasteiger partial charge in [-0.25, -0.2) is 0 Å². The van der Waals surface area contributed by atoms with Gasteiger partial charge in [0.1, 0.15) is 5.92 Å². The first-order valence-electron chi connectivity index (χ1n) is 5.19. The van der Waals surface area contributed by atoms with E-state index in [1.165, 1.54) is 0 Å². The van der Waals surface area contributed by atoms with Gasteiger partial charge in [0.2, 0.25) is 0 Å². The van der Waals surface area contributed by atoms with Crippen molar-refractivity contribution >= 4 is 5.97 Å². The summed E-state index contributed by atoms with van der Waals surface area (Å²) < 4.78 is 0. The second kappa shape index (κ2) is 7.82. The maximum Gasteiger partial charge on any atom is 0.308 e. The van der Waals surface area contributed by atoms with E-state index < -0.39 is 17.8 Å². The Morgan fingerprint density at radius 1 is 1.27 bits per heavy atom. The van der Waals surface area contributed by atoms with Gasteiger partial charge in [-0.05, 0) is 6.42 Å². The summed E-state index contributed by atoms with van der Waals surface area (Å²) in [6, 6.07) is 3.46. The maximum atomic E-state index is 10.8. The quantitative estimate of drug-likeness (QED) is 0.650. The van der Waals surface area contributed by atoms with Crippen LogP contribution in [0.1, 0.15) is 39.0 Å². The molecule has 4 nitrogen and oxygen atoms in total. The highest BCUT2D eigenvalue weighted by molar-refractivity contribution is 5.71. The monoisotopic (exact) mass is 208 g/mol. The number of carbonyl (C=O) groups is 1. The Morgan fingerprint density at radius 3 is 2.27 bits per heavy atom. The highest BCUT2D eigenvalue weighted by Crippen LogP contribution is 2.19. The number of hydrogen-bond acceptors (Lipinski definition) is 3. The van der Waals surface area contributed by atoms with Gasteiger partial charge in [-0.3, -0.25) is 4.79 Å². The molecular formula is C11H16N2O2. The van der Waals surface area contributed by atoms with Crippen molar-refractivity contribution < 1.29 is 9.90 Å². The van der Waals surface area contributed by atoms with Crippen LogP contribution in [0.15, 0.2) is 0 Å². The number of carboxylic acids is 1. The number of carboxylic acid groups (broad SMARTS) is 1. The molecule has 0 aromatic heterocycles. The lowest BCUT2D eigenvalue weighted by Crippen LogP contribution is -2.21. The van der Waals surface area contributed by atoms with E-state index in [4.69, 9.17) is 15.6 Å². The molecule has 0 fully saturated rings. The number of rotatable bonds is 7. The molecule has 0 amide bonds. The third-order valence-electron chi connectivity index (χ3n) is 2.37. The van der Waals surface area contributed by atoms with Crippen LogP contribution < -0.4 is 0 Å². The first kappa shape index (κ1) is 13.4. The van der Waals surface area contributed by atoms with Crippen molar-refractivity contribution in [1.29, 1.82) is 10.5 Å². The summed E-state index contributed by atoms with van der Waals surface area (Å²) in [5.41, 5.74) is 0. The molecule has 0 heterocycles. The van der Waals surface area contributed by atoms with E-state index >= 15 is 0 Å².